The molecule has 1 heterocycles. The van der Waals surface area contributed by atoms with Crippen molar-refractivity contribution in [2.75, 3.05) is 6.61 Å². The molecule has 5 heteroatoms. The molecule has 0 aliphatic carbocycles. The van der Waals surface area contributed by atoms with Crippen molar-refractivity contribution in [1.82, 2.24) is 4.98 Å². The summed E-state index contributed by atoms with van der Waals surface area (Å²) in [6.07, 6.45) is 0.0152. The Morgan fingerprint density at radius 3 is 2.69 bits per heavy atom. The fourth-order valence-corrected chi connectivity index (χ4v) is 2.88. The summed E-state index contributed by atoms with van der Waals surface area (Å²) in [6.45, 7) is 5.43. The van der Waals surface area contributed by atoms with Gasteiger partial charge in [0.05, 0.1) is 12.3 Å². The smallest absolute Gasteiger partial charge is 0.304 e. The van der Waals surface area contributed by atoms with E-state index in [1.54, 1.807) is 6.92 Å². The number of nitrogens with zero attached hydrogens (tertiary/aromatic N) is 1. The molecule has 0 N–H and O–H groups in total. The maximum Gasteiger partial charge on any atom is 0.304 e. The molecule has 1 atom stereocenters. The Labute approximate surface area is 170 Å². The molecule has 0 radical (unpaired) electrons. The second-order valence-corrected chi connectivity index (χ2v) is 6.44. The third kappa shape index (κ3) is 5.49. The Hall–Kier alpha value is -3.52. The second kappa shape index (κ2) is 9.61. The van der Waals surface area contributed by atoms with Gasteiger partial charge in [0.1, 0.15) is 11.5 Å². The molecule has 0 amide bonds. The van der Waals surface area contributed by atoms with Crippen LogP contribution in [-0.4, -0.2) is 17.6 Å². The lowest BCUT2D eigenvalue weighted by atomic mass is 10.1. The van der Waals surface area contributed by atoms with E-state index < -0.39 is 6.10 Å². The van der Waals surface area contributed by atoms with Crippen molar-refractivity contribution in [3.05, 3.63) is 71.6 Å². The first-order chi connectivity index (χ1) is 14.1. The molecule has 0 fully saturated rings. The van der Waals surface area contributed by atoms with Crippen LogP contribution in [0.1, 0.15) is 37.0 Å². The van der Waals surface area contributed by atoms with E-state index in [-0.39, 0.29) is 5.97 Å². The van der Waals surface area contributed by atoms with E-state index in [4.69, 9.17) is 13.9 Å². The van der Waals surface area contributed by atoms with Crippen LogP contribution in [0, 0.1) is 18.8 Å². The number of aryl methyl sites for hydroxylation is 1. The number of hydrogen-bond donors (Lipinski definition) is 0. The lowest BCUT2D eigenvalue weighted by molar-refractivity contribution is -0.144. The molecular formula is C24H23NO4. The minimum Gasteiger partial charge on any atom is -0.493 e. The van der Waals surface area contributed by atoms with Crippen molar-refractivity contribution >= 4 is 5.97 Å². The number of benzene rings is 2. The minimum atomic E-state index is -0.604. The van der Waals surface area contributed by atoms with Gasteiger partial charge in [0, 0.05) is 24.5 Å². The zero-order valence-corrected chi connectivity index (χ0v) is 16.8. The molecule has 0 spiro atoms. The number of hydrogen-bond acceptors (Lipinski definition) is 5. The number of esters is 1. The van der Waals surface area contributed by atoms with Crippen molar-refractivity contribution in [1.29, 1.82) is 0 Å². The molecule has 5 nitrogen and oxygen atoms in total. The van der Waals surface area contributed by atoms with Crippen LogP contribution in [0.25, 0.3) is 11.5 Å². The maximum atomic E-state index is 11.3. The zero-order chi connectivity index (χ0) is 20.6. The van der Waals surface area contributed by atoms with Gasteiger partial charge in [-0.1, -0.05) is 36.3 Å². The summed E-state index contributed by atoms with van der Waals surface area (Å²) in [5.74, 6) is 7.39. The fourth-order valence-electron chi connectivity index (χ4n) is 2.88. The predicted molar refractivity (Wildman–Crippen MR) is 110 cm³/mol. The van der Waals surface area contributed by atoms with Gasteiger partial charge in [-0.05, 0) is 38.1 Å². The van der Waals surface area contributed by atoms with Crippen LogP contribution < -0.4 is 4.74 Å². The third-order valence-electron chi connectivity index (χ3n) is 4.24. The normalized spacial score (nSPS) is 11.3. The molecule has 2 aromatic carbocycles. The minimum absolute atomic E-state index is 0.375. The highest BCUT2D eigenvalue weighted by Gasteiger charge is 2.14. The van der Waals surface area contributed by atoms with E-state index >= 15 is 0 Å². The number of carbonyl (C=O) groups excluding carboxylic acids is 1. The number of carbonyl (C=O) groups is 1. The molecule has 0 aliphatic heterocycles. The quantitative estimate of drug-likeness (QED) is 0.425. The predicted octanol–water partition coefficient (Wildman–Crippen LogP) is 4.90. The first-order valence-electron chi connectivity index (χ1n) is 9.41. The van der Waals surface area contributed by atoms with Gasteiger partial charge in [-0.2, -0.15) is 0 Å². The summed E-state index contributed by atoms with van der Waals surface area (Å²) in [4.78, 5) is 15.9. The number of aromatic nitrogens is 1. The van der Waals surface area contributed by atoms with Gasteiger partial charge in [0.2, 0.25) is 5.89 Å². The lowest BCUT2D eigenvalue weighted by Gasteiger charge is -2.13. The van der Waals surface area contributed by atoms with Gasteiger partial charge in [-0.25, -0.2) is 4.98 Å². The highest BCUT2D eigenvalue weighted by Crippen LogP contribution is 2.24. The largest absolute Gasteiger partial charge is 0.493 e. The Bertz CT molecular complexity index is 1030. The first-order valence-corrected chi connectivity index (χ1v) is 9.41. The number of oxazole rings is 1. The van der Waals surface area contributed by atoms with Crippen molar-refractivity contribution in [2.24, 2.45) is 0 Å². The average molecular weight is 389 g/mol. The first kappa shape index (κ1) is 20.2. The van der Waals surface area contributed by atoms with E-state index in [0.717, 1.165) is 22.6 Å². The van der Waals surface area contributed by atoms with Crippen LogP contribution in [0.15, 0.2) is 59.0 Å². The third-order valence-corrected chi connectivity index (χ3v) is 4.24. The zero-order valence-electron chi connectivity index (χ0n) is 16.8. The maximum absolute atomic E-state index is 11.3. The van der Waals surface area contributed by atoms with Crippen LogP contribution in [0.3, 0.4) is 0 Å². The van der Waals surface area contributed by atoms with E-state index in [1.165, 1.54) is 6.92 Å². The average Bonchev–Trinajstić information content (AvgIpc) is 3.09. The van der Waals surface area contributed by atoms with Gasteiger partial charge in [0.25, 0.3) is 0 Å². The molecule has 3 aromatic rings. The van der Waals surface area contributed by atoms with Crippen LogP contribution in [0.4, 0.5) is 0 Å². The summed E-state index contributed by atoms with van der Waals surface area (Å²) in [5, 5.41) is 0. The summed E-state index contributed by atoms with van der Waals surface area (Å²) >= 11 is 0. The van der Waals surface area contributed by atoms with Gasteiger partial charge in [0.15, 0.2) is 6.10 Å². The molecule has 29 heavy (non-hydrogen) atoms. The molecule has 0 bridgehead atoms. The molecule has 1 unspecified atom stereocenters. The fraction of sp³-hybridized carbons (Fsp3) is 0.250. The SMILES string of the molecule is CC#CC(OC(C)=O)c1cccc(OCCc2nc(-c3ccccc3)oc2C)c1. The standard InChI is InChI=1S/C24H23NO4/c1-4-9-23(29-18(3)26)20-12-8-13-21(16-20)27-15-14-22-17(2)28-24(25-22)19-10-6-5-7-11-19/h5-8,10-13,16,23H,14-15H2,1-3H3. The van der Waals surface area contributed by atoms with Crippen molar-refractivity contribution < 1.29 is 18.7 Å². The van der Waals surface area contributed by atoms with Crippen molar-refractivity contribution in [2.45, 2.75) is 33.3 Å². The highest BCUT2D eigenvalue weighted by molar-refractivity contribution is 5.66. The highest BCUT2D eigenvalue weighted by atomic mass is 16.5. The van der Waals surface area contributed by atoms with Crippen LogP contribution in [-0.2, 0) is 16.0 Å². The molecule has 0 saturated heterocycles. The summed E-state index contributed by atoms with van der Waals surface area (Å²) in [7, 11) is 0. The molecule has 3 rings (SSSR count). The number of ether oxygens (including phenoxy) is 2. The van der Waals surface area contributed by atoms with E-state index in [0.29, 0.717) is 24.7 Å². The molecular weight excluding hydrogens is 366 g/mol. The molecule has 148 valence electrons. The van der Waals surface area contributed by atoms with Crippen LogP contribution in [0.5, 0.6) is 5.75 Å². The van der Waals surface area contributed by atoms with Gasteiger partial charge >= 0.3 is 5.97 Å². The van der Waals surface area contributed by atoms with Crippen molar-refractivity contribution in [3.63, 3.8) is 0 Å². The molecule has 0 aliphatic rings. The molecule has 1 aromatic heterocycles. The van der Waals surface area contributed by atoms with Gasteiger partial charge in [-0.15, -0.1) is 5.92 Å². The second-order valence-electron chi connectivity index (χ2n) is 6.44. The van der Waals surface area contributed by atoms with Gasteiger partial charge in [-0.3, -0.25) is 4.79 Å². The van der Waals surface area contributed by atoms with E-state index in [2.05, 4.69) is 16.8 Å². The Morgan fingerprint density at radius 1 is 1.17 bits per heavy atom. The monoisotopic (exact) mass is 389 g/mol. The Morgan fingerprint density at radius 2 is 1.97 bits per heavy atom. The van der Waals surface area contributed by atoms with E-state index in [9.17, 15) is 4.79 Å². The van der Waals surface area contributed by atoms with Crippen molar-refractivity contribution in [3.8, 4) is 29.0 Å². The number of rotatable bonds is 7. The van der Waals surface area contributed by atoms with Crippen LogP contribution >= 0.6 is 0 Å². The molecule has 0 saturated carbocycles. The summed E-state index contributed by atoms with van der Waals surface area (Å²) in [5.41, 5.74) is 2.59. The van der Waals surface area contributed by atoms with Gasteiger partial charge < -0.3 is 13.9 Å². The summed E-state index contributed by atoms with van der Waals surface area (Å²) < 4.78 is 16.9. The van der Waals surface area contributed by atoms with Crippen LogP contribution in [0.2, 0.25) is 0 Å². The topological polar surface area (TPSA) is 61.6 Å². The lowest BCUT2D eigenvalue weighted by Crippen LogP contribution is -2.07. The Balaban J connectivity index is 1.64. The Kier molecular flexibility index (Phi) is 6.70. The summed E-state index contributed by atoms with van der Waals surface area (Å²) in [6, 6.07) is 17.2. The van der Waals surface area contributed by atoms with E-state index in [1.807, 2.05) is 61.5 Å².